The number of hydrogen-bond donors (Lipinski definition) is 0. The van der Waals surface area contributed by atoms with E-state index >= 15 is 0 Å². The van der Waals surface area contributed by atoms with Crippen LogP contribution in [0.3, 0.4) is 0 Å². The van der Waals surface area contributed by atoms with Crippen molar-refractivity contribution in [1.29, 1.82) is 0 Å². The Morgan fingerprint density at radius 1 is 1.26 bits per heavy atom. The zero-order valence-electron chi connectivity index (χ0n) is 10.4. The first-order valence-corrected chi connectivity index (χ1v) is 6.63. The lowest BCUT2D eigenvalue weighted by molar-refractivity contribution is 0.297. The van der Waals surface area contributed by atoms with Crippen molar-refractivity contribution in [2.45, 2.75) is 19.4 Å². The van der Waals surface area contributed by atoms with Gasteiger partial charge in [-0.1, -0.05) is 16.8 Å². The highest BCUT2D eigenvalue weighted by Crippen LogP contribution is 2.38. The van der Waals surface area contributed by atoms with Gasteiger partial charge in [-0.15, -0.1) is 5.10 Å². The number of fused-ring (bicyclic) bond motifs is 1. The summed E-state index contributed by atoms with van der Waals surface area (Å²) in [5, 5.41) is 8.32. The molecule has 0 saturated carbocycles. The van der Waals surface area contributed by atoms with E-state index < -0.39 is 0 Å². The summed E-state index contributed by atoms with van der Waals surface area (Å²) in [6.07, 6.45) is 5.20. The molecular formula is C13H14ClN3O2. The van der Waals surface area contributed by atoms with Crippen LogP contribution < -0.4 is 9.47 Å². The van der Waals surface area contributed by atoms with Crippen molar-refractivity contribution in [2.24, 2.45) is 0 Å². The average Bonchev–Trinajstić information content (AvgIpc) is 2.81. The largest absolute Gasteiger partial charge is 0.489 e. The van der Waals surface area contributed by atoms with Crippen LogP contribution in [-0.4, -0.2) is 28.2 Å². The lowest BCUT2D eigenvalue weighted by atomic mass is 10.1. The van der Waals surface area contributed by atoms with Crippen LogP contribution in [0, 0.1) is 0 Å². The molecule has 0 bridgehead atoms. The molecule has 0 saturated heterocycles. The molecule has 0 aliphatic carbocycles. The van der Waals surface area contributed by atoms with E-state index in [9.17, 15) is 0 Å². The Balaban J connectivity index is 1.79. The number of hydrogen-bond acceptors (Lipinski definition) is 4. The first-order chi connectivity index (χ1) is 9.33. The molecule has 0 fully saturated rings. The van der Waals surface area contributed by atoms with E-state index in [0.717, 1.165) is 30.7 Å². The molecule has 0 radical (unpaired) electrons. The lowest BCUT2D eigenvalue weighted by Gasteiger charge is -2.11. The molecule has 1 aromatic carbocycles. The summed E-state index contributed by atoms with van der Waals surface area (Å²) in [5.41, 5.74) is 1.10. The molecule has 5 nitrogen and oxygen atoms in total. The predicted molar refractivity (Wildman–Crippen MR) is 70.8 cm³/mol. The highest BCUT2D eigenvalue weighted by atomic mass is 35.5. The van der Waals surface area contributed by atoms with Gasteiger partial charge in [-0.3, -0.25) is 4.68 Å². The molecule has 2 heterocycles. The molecule has 100 valence electrons. The predicted octanol–water partition coefficient (Wildman–Crippen LogP) is 2.34. The quantitative estimate of drug-likeness (QED) is 0.865. The fraction of sp³-hybridized carbons (Fsp3) is 0.385. The SMILES string of the molecule is Clc1cc(CCn2ccnn2)cc2c1OCCCO2. The Hall–Kier alpha value is -1.75. The number of ether oxygens (including phenoxy) is 2. The molecule has 6 heteroatoms. The molecule has 0 atom stereocenters. The highest BCUT2D eigenvalue weighted by Gasteiger charge is 2.15. The smallest absolute Gasteiger partial charge is 0.179 e. The van der Waals surface area contributed by atoms with Crippen LogP contribution in [0.5, 0.6) is 11.5 Å². The van der Waals surface area contributed by atoms with Gasteiger partial charge >= 0.3 is 0 Å². The Labute approximate surface area is 116 Å². The summed E-state index contributed by atoms with van der Waals surface area (Å²) >= 11 is 6.24. The first-order valence-electron chi connectivity index (χ1n) is 6.25. The van der Waals surface area contributed by atoms with Crippen LogP contribution in [0.25, 0.3) is 0 Å². The van der Waals surface area contributed by atoms with Crippen molar-refractivity contribution in [1.82, 2.24) is 15.0 Å². The minimum atomic E-state index is 0.605. The van der Waals surface area contributed by atoms with Crippen LogP contribution in [-0.2, 0) is 13.0 Å². The standard InChI is InChI=1S/C13H14ClN3O2/c14-11-8-10(2-4-17-5-3-15-16-17)9-12-13(11)19-7-1-6-18-12/h3,5,8-9H,1-2,4,6-7H2. The second kappa shape index (κ2) is 5.48. The van der Waals surface area contributed by atoms with Crippen molar-refractivity contribution in [3.8, 4) is 11.5 Å². The normalized spacial score (nSPS) is 14.2. The summed E-state index contributed by atoms with van der Waals surface area (Å²) in [5.74, 6) is 1.39. The second-order valence-corrected chi connectivity index (χ2v) is 4.78. The minimum absolute atomic E-state index is 0.605. The van der Waals surface area contributed by atoms with E-state index in [-0.39, 0.29) is 0 Å². The van der Waals surface area contributed by atoms with Gasteiger partial charge in [-0.25, -0.2) is 0 Å². The van der Waals surface area contributed by atoms with Gasteiger partial charge in [0.2, 0.25) is 0 Å². The topological polar surface area (TPSA) is 49.2 Å². The van der Waals surface area contributed by atoms with E-state index in [2.05, 4.69) is 10.3 Å². The fourth-order valence-electron chi connectivity index (χ4n) is 2.02. The molecule has 1 aliphatic heterocycles. The van der Waals surface area contributed by atoms with E-state index in [4.69, 9.17) is 21.1 Å². The molecule has 0 unspecified atom stereocenters. The van der Waals surface area contributed by atoms with Crippen LogP contribution in [0.4, 0.5) is 0 Å². The van der Waals surface area contributed by atoms with Gasteiger partial charge in [0, 0.05) is 19.2 Å². The van der Waals surface area contributed by atoms with Gasteiger partial charge in [0.05, 0.1) is 24.4 Å². The molecule has 1 aliphatic rings. The monoisotopic (exact) mass is 279 g/mol. The zero-order valence-corrected chi connectivity index (χ0v) is 11.1. The van der Waals surface area contributed by atoms with Gasteiger partial charge in [0.15, 0.2) is 11.5 Å². The van der Waals surface area contributed by atoms with Crippen molar-refractivity contribution in [2.75, 3.05) is 13.2 Å². The molecule has 0 spiro atoms. The summed E-state index contributed by atoms with van der Waals surface area (Å²) in [7, 11) is 0. The third-order valence-corrected chi connectivity index (χ3v) is 3.24. The van der Waals surface area contributed by atoms with Gasteiger partial charge in [0.25, 0.3) is 0 Å². The van der Waals surface area contributed by atoms with Crippen molar-refractivity contribution >= 4 is 11.6 Å². The summed E-state index contributed by atoms with van der Waals surface area (Å²) in [6.45, 7) is 2.07. The van der Waals surface area contributed by atoms with Crippen LogP contribution in [0.2, 0.25) is 5.02 Å². The van der Waals surface area contributed by atoms with E-state index in [1.165, 1.54) is 0 Å². The maximum absolute atomic E-state index is 6.24. The summed E-state index contributed by atoms with van der Waals surface area (Å²) in [6, 6.07) is 3.91. The van der Waals surface area contributed by atoms with Gasteiger partial charge in [-0.05, 0) is 24.1 Å². The fourth-order valence-corrected chi connectivity index (χ4v) is 2.31. The second-order valence-electron chi connectivity index (χ2n) is 4.37. The van der Waals surface area contributed by atoms with Crippen LogP contribution >= 0.6 is 11.6 Å². The first kappa shape index (κ1) is 12.3. The Bertz CT molecular complexity index is 557. The molecule has 3 rings (SSSR count). The number of rotatable bonds is 3. The Morgan fingerprint density at radius 3 is 3.00 bits per heavy atom. The summed E-state index contributed by atoms with van der Waals surface area (Å²) in [4.78, 5) is 0. The van der Waals surface area contributed by atoms with Crippen molar-refractivity contribution < 1.29 is 9.47 Å². The molecule has 0 amide bonds. The molecule has 0 N–H and O–H groups in total. The molecule has 1 aromatic heterocycles. The average molecular weight is 280 g/mol. The minimum Gasteiger partial charge on any atom is -0.489 e. The third-order valence-electron chi connectivity index (χ3n) is 2.96. The maximum Gasteiger partial charge on any atom is 0.179 e. The maximum atomic E-state index is 6.24. The summed E-state index contributed by atoms with van der Waals surface area (Å²) < 4.78 is 13.1. The van der Waals surface area contributed by atoms with Crippen molar-refractivity contribution in [3.63, 3.8) is 0 Å². The molecular weight excluding hydrogens is 266 g/mol. The van der Waals surface area contributed by atoms with Gasteiger partial charge < -0.3 is 9.47 Å². The van der Waals surface area contributed by atoms with Gasteiger partial charge in [-0.2, -0.15) is 0 Å². The van der Waals surface area contributed by atoms with E-state index in [1.807, 2.05) is 18.3 Å². The van der Waals surface area contributed by atoms with E-state index in [1.54, 1.807) is 10.9 Å². The number of aryl methyl sites for hydroxylation is 2. The third kappa shape index (κ3) is 2.81. The number of benzene rings is 1. The van der Waals surface area contributed by atoms with Gasteiger partial charge in [0.1, 0.15) is 0 Å². The van der Waals surface area contributed by atoms with Crippen LogP contribution in [0.1, 0.15) is 12.0 Å². The Morgan fingerprint density at radius 2 is 2.16 bits per heavy atom. The number of nitrogens with zero attached hydrogens (tertiary/aromatic N) is 3. The zero-order chi connectivity index (χ0) is 13.1. The lowest BCUT2D eigenvalue weighted by Crippen LogP contribution is -2.03. The Kier molecular flexibility index (Phi) is 3.55. The highest BCUT2D eigenvalue weighted by molar-refractivity contribution is 6.32. The van der Waals surface area contributed by atoms with E-state index in [0.29, 0.717) is 24.0 Å². The van der Waals surface area contributed by atoms with Crippen molar-refractivity contribution in [3.05, 3.63) is 35.1 Å². The number of aromatic nitrogens is 3. The molecule has 2 aromatic rings. The number of halogens is 1. The van der Waals surface area contributed by atoms with Crippen LogP contribution in [0.15, 0.2) is 24.5 Å². The molecule has 19 heavy (non-hydrogen) atoms.